The predicted molar refractivity (Wildman–Crippen MR) is 46.4 cm³/mol. The molecule has 0 aromatic heterocycles. The zero-order valence-electron chi connectivity index (χ0n) is 7.84. The molecular formula is C9H20O2. The number of hydrogen-bond donors (Lipinski definition) is 1. The van der Waals surface area contributed by atoms with E-state index in [1.807, 2.05) is 0 Å². The van der Waals surface area contributed by atoms with Gasteiger partial charge < -0.3 is 0 Å². The lowest BCUT2D eigenvalue weighted by Crippen LogP contribution is -2.09. The molecule has 0 aliphatic carbocycles. The predicted octanol–water partition coefficient (Wildman–Crippen LogP) is 2.94. The van der Waals surface area contributed by atoms with E-state index in [9.17, 15) is 0 Å². The van der Waals surface area contributed by atoms with Gasteiger partial charge in [0.25, 0.3) is 0 Å². The molecule has 68 valence electrons. The Kier molecular flexibility index (Phi) is 6.57. The maximum absolute atomic E-state index is 8.19. The normalized spacial score (nSPS) is 13.9. The average molecular weight is 160 g/mol. The molecule has 0 radical (unpaired) electrons. The molecule has 1 unspecified atom stereocenters. The molecule has 11 heavy (non-hydrogen) atoms. The molecule has 1 N–H and O–H groups in total. The minimum atomic E-state index is 0.469. The van der Waals surface area contributed by atoms with Gasteiger partial charge in [-0.3, -0.25) is 5.26 Å². The number of rotatable bonds is 6. The van der Waals surface area contributed by atoms with Crippen molar-refractivity contribution in [3.63, 3.8) is 0 Å². The van der Waals surface area contributed by atoms with Gasteiger partial charge in [-0.1, -0.05) is 33.6 Å². The highest BCUT2D eigenvalue weighted by molar-refractivity contribution is 4.59. The molecule has 2 heteroatoms. The van der Waals surface area contributed by atoms with Crippen LogP contribution in [0.1, 0.15) is 40.0 Å². The van der Waals surface area contributed by atoms with Crippen molar-refractivity contribution in [1.29, 1.82) is 0 Å². The van der Waals surface area contributed by atoms with Gasteiger partial charge >= 0.3 is 0 Å². The SMILES string of the molecule is CCC(CC)CC(C)COO. The zero-order chi connectivity index (χ0) is 8.69. The van der Waals surface area contributed by atoms with E-state index in [0.717, 1.165) is 12.3 Å². The first-order valence-corrected chi connectivity index (χ1v) is 4.50. The monoisotopic (exact) mass is 160 g/mol. The largest absolute Gasteiger partial charge is 0.252 e. The van der Waals surface area contributed by atoms with Crippen molar-refractivity contribution in [2.45, 2.75) is 40.0 Å². The quantitative estimate of drug-likeness (QED) is 0.478. The van der Waals surface area contributed by atoms with Gasteiger partial charge in [-0.15, -0.1) is 0 Å². The van der Waals surface area contributed by atoms with Crippen LogP contribution < -0.4 is 0 Å². The van der Waals surface area contributed by atoms with Crippen LogP contribution in [-0.4, -0.2) is 11.9 Å². The minimum Gasteiger partial charge on any atom is -0.252 e. The van der Waals surface area contributed by atoms with E-state index >= 15 is 0 Å². The fourth-order valence-corrected chi connectivity index (χ4v) is 1.39. The average Bonchev–Trinajstić information content (AvgIpc) is 2.01. The van der Waals surface area contributed by atoms with Crippen LogP contribution in [0.4, 0.5) is 0 Å². The van der Waals surface area contributed by atoms with E-state index < -0.39 is 0 Å². The summed E-state index contributed by atoms with van der Waals surface area (Å²) in [6.07, 6.45) is 3.62. The summed E-state index contributed by atoms with van der Waals surface area (Å²) >= 11 is 0. The summed E-state index contributed by atoms with van der Waals surface area (Å²) in [7, 11) is 0. The van der Waals surface area contributed by atoms with Gasteiger partial charge in [0.15, 0.2) is 0 Å². The Morgan fingerprint density at radius 1 is 1.27 bits per heavy atom. The van der Waals surface area contributed by atoms with Gasteiger partial charge in [0, 0.05) is 0 Å². The molecular weight excluding hydrogens is 140 g/mol. The molecule has 0 amide bonds. The maximum atomic E-state index is 8.19. The summed E-state index contributed by atoms with van der Waals surface area (Å²) in [5.41, 5.74) is 0. The third kappa shape index (κ3) is 5.22. The lowest BCUT2D eigenvalue weighted by atomic mass is 9.92. The van der Waals surface area contributed by atoms with Crippen LogP contribution in [0.3, 0.4) is 0 Å². The first kappa shape index (κ1) is 10.9. The van der Waals surface area contributed by atoms with Crippen LogP contribution >= 0.6 is 0 Å². The van der Waals surface area contributed by atoms with Gasteiger partial charge in [-0.2, -0.15) is 0 Å². The second kappa shape index (κ2) is 6.62. The summed E-state index contributed by atoms with van der Waals surface area (Å²) in [4.78, 5) is 4.09. The molecule has 0 aromatic carbocycles. The molecule has 0 aliphatic rings. The van der Waals surface area contributed by atoms with Crippen molar-refractivity contribution < 1.29 is 10.1 Å². The molecule has 0 fully saturated rings. The van der Waals surface area contributed by atoms with Crippen LogP contribution in [0, 0.1) is 11.8 Å². The third-order valence-electron chi connectivity index (χ3n) is 2.25. The lowest BCUT2D eigenvalue weighted by Gasteiger charge is -2.16. The van der Waals surface area contributed by atoms with Gasteiger partial charge in [0.1, 0.15) is 0 Å². The second-order valence-electron chi connectivity index (χ2n) is 3.32. The van der Waals surface area contributed by atoms with Crippen LogP contribution in [0.5, 0.6) is 0 Å². The Morgan fingerprint density at radius 3 is 2.18 bits per heavy atom. The van der Waals surface area contributed by atoms with Crippen LogP contribution in [0.25, 0.3) is 0 Å². The highest BCUT2D eigenvalue weighted by Crippen LogP contribution is 2.18. The zero-order valence-corrected chi connectivity index (χ0v) is 7.84. The van der Waals surface area contributed by atoms with E-state index in [4.69, 9.17) is 5.26 Å². The highest BCUT2D eigenvalue weighted by atomic mass is 17.1. The van der Waals surface area contributed by atoms with E-state index in [2.05, 4.69) is 25.7 Å². The molecule has 0 spiro atoms. The molecule has 0 heterocycles. The van der Waals surface area contributed by atoms with E-state index in [1.54, 1.807) is 0 Å². The van der Waals surface area contributed by atoms with Gasteiger partial charge in [-0.05, 0) is 18.3 Å². The van der Waals surface area contributed by atoms with Crippen molar-refractivity contribution in [2.24, 2.45) is 11.8 Å². The van der Waals surface area contributed by atoms with Crippen molar-refractivity contribution in [2.75, 3.05) is 6.61 Å². The molecule has 0 aromatic rings. The smallest absolute Gasteiger partial charge is 0.0845 e. The molecule has 0 saturated heterocycles. The van der Waals surface area contributed by atoms with Crippen molar-refractivity contribution in [3.8, 4) is 0 Å². The van der Waals surface area contributed by atoms with Crippen molar-refractivity contribution >= 4 is 0 Å². The Morgan fingerprint density at radius 2 is 1.82 bits per heavy atom. The molecule has 1 atom stereocenters. The van der Waals surface area contributed by atoms with E-state index in [0.29, 0.717) is 12.5 Å². The first-order valence-electron chi connectivity index (χ1n) is 4.50. The van der Waals surface area contributed by atoms with Gasteiger partial charge in [0.2, 0.25) is 0 Å². The van der Waals surface area contributed by atoms with Crippen LogP contribution in [0.2, 0.25) is 0 Å². The number of hydrogen-bond acceptors (Lipinski definition) is 2. The van der Waals surface area contributed by atoms with E-state index in [1.165, 1.54) is 12.8 Å². The molecule has 0 aliphatic heterocycles. The Bertz CT molecular complexity index is 79.6. The summed E-state index contributed by atoms with van der Waals surface area (Å²) in [5, 5.41) is 8.19. The molecule has 0 bridgehead atoms. The molecule has 0 saturated carbocycles. The summed E-state index contributed by atoms with van der Waals surface area (Å²) < 4.78 is 0. The molecule has 2 nitrogen and oxygen atoms in total. The lowest BCUT2D eigenvalue weighted by molar-refractivity contribution is -0.250. The van der Waals surface area contributed by atoms with Crippen molar-refractivity contribution in [1.82, 2.24) is 0 Å². The topological polar surface area (TPSA) is 29.5 Å². The van der Waals surface area contributed by atoms with E-state index in [-0.39, 0.29) is 0 Å². The van der Waals surface area contributed by atoms with Crippen LogP contribution in [0.15, 0.2) is 0 Å². The summed E-state index contributed by atoms with van der Waals surface area (Å²) in [6, 6.07) is 0. The fraction of sp³-hybridized carbons (Fsp3) is 1.00. The minimum absolute atomic E-state index is 0.469. The first-order chi connectivity index (χ1) is 5.24. The third-order valence-corrected chi connectivity index (χ3v) is 2.25. The summed E-state index contributed by atoms with van der Waals surface area (Å²) in [6.45, 7) is 6.99. The Hall–Kier alpha value is -0.0800. The van der Waals surface area contributed by atoms with Gasteiger partial charge in [-0.25, -0.2) is 4.89 Å². The second-order valence-corrected chi connectivity index (χ2v) is 3.32. The Balaban J connectivity index is 3.44. The summed E-state index contributed by atoms with van der Waals surface area (Å²) in [5.74, 6) is 1.27. The maximum Gasteiger partial charge on any atom is 0.0845 e. The standard InChI is InChI=1S/C9H20O2/c1-4-9(5-2)6-8(3)7-11-10/h8-10H,4-7H2,1-3H3. The highest BCUT2D eigenvalue weighted by Gasteiger charge is 2.09. The van der Waals surface area contributed by atoms with Gasteiger partial charge in [0.05, 0.1) is 6.61 Å². The Labute approximate surface area is 69.5 Å². The van der Waals surface area contributed by atoms with Crippen molar-refractivity contribution in [3.05, 3.63) is 0 Å². The van der Waals surface area contributed by atoms with Crippen LogP contribution in [-0.2, 0) is 4.89 Å². The fourth-order valence-electron chi connectivity index (χ4n) is 1.39. The molecule has 0 rings (SSSR count).